The molecule has 2 nitrogen and oxygen atoms in total. The lowest BCUT2D eigenvalue weighted by Crippen LogP contribution is -2.41. The van der Waals surface area contributed by atoms with E-state index < -0.39 is 0 Å². The van der Waals surface area contributed by atoms with Gasteiger partial charge in [0, 0.05) is 17.6 Å². The molecule has 1 fully saturated rings. The van der Waals surface area contributed by atoms with Crippen LogP contribution in [0.4, 0.5) is 0 Å². The number of halogens is 1. The Hall–Kier alpha value is -0.830. The van der Waals surface area contributed by atoms with Crippen molar-refractivity contribution >= 4 is 21.8 Å². The van der Waals surface area contributed by atoms with E-state index in [1.165, 1.54) is 12.8 Å². The lowest BCUT2D eigenvalue weighted by Gasteiger charge is -2.38. The molecule has 0 unspecified atom stereocenters. The van der Waals surface area contributed by atoms with Crippen molar-refractivity contribution in [3.8, 4) is 0 Å². The Kier molecular flexibility index (Phi) is 4.58. The molecule has 110 valence electrons. The third kappa shape index (κ3) is 3.25. The second-order valence-electron chi connectivity index (χ2n) is 6.75. The van der Waals surface area contributed by atoms with Crippen LogP contribution < -0.4 is 0 Å². The van der Waals surface area contributed by atoms with Crippen LogP contribution in [0.3, 0.4) is 0 Å². The standard InChI is InChI=1S/C17H24BrNO/c1-12-6-5-7-14(15(12)18)16(20)19(4)13-8-10-17(2,3)11-9-13/h5-7,13H,8-11H2,1-4H3. The minimum atomic E-state index is 0.130. The van der Waals surface area contributed by atoms with Crippen LogP contribution in [0.2, 0.25) is 0 Å². The van der Waals surface area contributed by atoms with E-state index in [2.05, 4.69) is 29.8 Å². The number of carbonyl (C=O) groups is 1. The summed E-state index contributed by atoms with van der Waals surface area (Å²) in [5.41, 5.74) is 2.32. The lowest BCUT2D eigenvalue weighted by molar-refractivity contribution is 0.0634. The highest BCUT2D eigenvalue weighted by atomic mass is 79.9. The zero-order valence-electron chi connectivity index (χ0n) is 12.9. The van der Waals surface area contributed by atoms with E-state index in [0.717, 1.165) is 28.4 Å². The minimum Gasteiger partial charge on any atom is -0.339 e. The van der Waals surface area contributed by atoms with E-state index in [0.29, 0.717) is 11.5 Å². The molecule has 0 spiro atoms. The van der Waals surface area contributed by atoms with Gasteiger partial charge in [0.25, 0.3) is 5.91 Å². The number of hydrogen-bond acceptors (Lipinski definition) is 1. The molecule has 1 aliphatic carbocycles. The van der Waals surface area contributed by atoms with E-state index in [1.54, 1.807) is 0 Å². The Balaban J connectivity index is 2.11. The SMILES string of the molecule is Cc1cccc(C(=O)N(C)C2CCC(C)(C)CC2)c1Br. The van der Waals surface area contributed by atoms with Gasteiger partial charge in [0.1, 0.15) is 0 Å². The van der Waals surface area contributed by atoms with Gasteiger partial charge in [-0.1, -0.05) is 26.0 Å². The van der Waals surface area contributed by atoms with Crippen molar-refractivity contribution in [2.24, 2.45) is 5.41 Å². The van der Waals surface area contributed by atoms with Crippen molar-refractivity contribution in [3.63, 3.8) is 0 Å². The fraction of sp³-hybridized carbons (Fsp3) is 0.588. The summed E-state index contributed by atoms with van der Waals surface area (Å²) in [4.78, 5) is 14.6. The molecule has 2 rings (SSSR count). The Morgan fingerprint density at radius 2 is 1.90 bits per heavy atom. The normalized spacial score (nSPS) is 18.9. The molecule has 0 atom stereocenters. The summed E-state index contributed by atoms with van der Waals surface area (Å²) in [6, 6.07) is 6.25. The molecule has 1 aromatic carbocycles. The lowest BCUT2D eigenvalue weighted by atomic mass is 9.75. The maximum atomic E-state index is 12.7. The predicted octanol–water partition coefficient (Wildman–Crippen LogP) is 4.80. The van der Waals surface area contributed by atoms with E-state index >= 15 is 0 Å². The van der Waals surface area contributed by atoms with Crippen molar-refractivity contribution in [3.05, 3.63) is 33.8 Å². The number of amides is 1. The highest BCUT2D eigenvalue weighted by molar-refractivity contribution is 9.10. The molecule has 0 aromatic heterocycles. The van der Waals surface area contributed by atoms with Gasteiger partial charge in [-0.25, -0.2) is 0 Å². The van der Waals surface area contributed by atoms with Gasteiger partial charge in [0.05, 0.1) is 5.56 Å². The van der Waals surface area contributed by atoms with Crippen LogP contribution in [-0.4, -0.2) is 23.9 Å². The maximum absolute atomic E-state index is 12.7. The first kappa shape index (κ1) is 15.6. The maximum Gasteiger partial charge on any atom is 0.254 e. The summed E-state index contributed by atoms with van der Waals surface area (Å²) in [6.07, 6.45) is 4.62. The Morgan fingerprint density at radius 3 is 2.50 bits per heavy atom. The molecule has 0 radical (unpaired) electrons. The van der Waals surface area contributed by atoms with Gasteiger partial charge < -0.3 is 4.90 Å². The van der Waals surface area contributed by atoms with Crippen molar-refractivity contribution in [2.75, 3.05) is 7.05 Å². The minimum absolute atomic E-state index is 0.130. The molecule has 0 N–H and O–H groups in total. The highest BCUT2D eigenvalue weighted by Crippen LogP contribution is 2.37. The zero-order chi connectivity index (χ0) is 14.9. The number of nitrogens with zero attached hydrogens (tertiary/aromatic N) is 1. The molecular weight excluding hydrogens is 314 g/mol. The van der Waals surface area contributed by atoms with Gasteiger partial charge in [-0.15, -0.1) is 0 Å². The number of hydrogen-bond donors (Lipinski definition) is 0. The topological polar surface area (TPSA) is 20.3 Å². The molecule has 0 saturated heterocycles. The van der Waals surface area contributed by atoms with Crippen LogP contribution in [0, 0.1) is 12.3 Å². The summed E-state index contributed by atoms with van der Waals surface area (Å²) in [7, 11) is 1.94. The van der Waals surface area contributed by atoms with E-state index in [1.807, 2.05) is 37.1 Å². The average molecular weight is 338 g/mol. The molecule has 1 aromatic rings. The summed E-state index contributed by atoms with van der Waals surface area (Å²) in [5.74, 6) is 0.130. The Bertz CT molecular complexity index is 500. The summed E-state index contributed by atoms with van der Waals surface area (Å²) in [5, 5.41) is 0. The highest BCUT2D eigenvalue weighted by Gasteiger charge is 2.31. The number of aryl methyl sites for hydroxylation is 1. The molecule has 1 aliphatic rings. The first-order valence-electron chi connectivity index (χ1n) is 7.34. The summed E-state index contributed by atoms with van der Waals surface area (Å²) in [6.45, 7) is 6.66. The number of carbonyl (C=O) groups excluding carboxylic acids is 1. The number of rotatable bonds is 2. The third-order valence-corrected chi connectivity index (χ3v) is 5.65. The van der Waals surface area contributed by atoms with Gasteiger partial charge in [0.2, 0.25) is 0 Å². The van der Waals surface area contributed by atoms with Gasteiger partial charge in [-0.3, -0.25) is 4.79 Å². The quantitative estimate of drug-likeness (QED) is 0.759. The van der Waals surface area contributed by atoms with Crippen LogP contribution in [0.25, 0.3) is 0 Å². The first-order valence-corrected chi connectivity index (χ1v) is 8.13. The average Bonchev–Trinajstić information content (AvgIpc) is 2.40. The van der Waals surface area contributed by atoms with Crippen molar-refractivity contribution in [2.45, 2.75) is 52.5 Å². The second-order valence-corrected chi connectivity index (χ2v) is 7.54. The van der Waals surface area contributed by atoms with Gasteiger partial charge in [-0.05, 0) is 65.6 Å². The second kappa shape index (κ2) is 5.88. The van der Waals surface area contributed by atoms with Crippen LogP contribution in [0.1, 0.15) is 55.5 Å². The molecule has 0 aliphatic heterocycles. The molecular formula is C17H24BrNO. The van der Waals surface area contributed by atoms with Crippen molar-refractivity contribution in [1.29, 1.82) is 0 Å². The summed E-state index contributed by atoms with van der Waals surface area (Å²) < 4.78 is 0.924. The first-order chi connectivity index (χ1) is 9.32. The fourth-order valence-corrected chi connectivity index (χ4v) is 3.37. The predicted molar refractivity (Wildman–Crippen MR) is 87.0 cm³/mol. The van der Waals surface area contributed by atoms with Gasteiger partial charge in [-0.2, -0.15) is 0 Å². The number of benzene rings is 1. The van der Waals surface area contributed by atoms with Crippen molar-refractivity contribution < 1.29 is 4.79 Å². The van der Waals surface area contributed by atoms with E-state index in [4.69, 9.17) is 0 Å². The third-order valence-electron chi connectivity index (χ3n) is 4.60. The van der Waals surface area contributed by atoms with Crippen molar-refractivity contribution in [1.82, 2.24) is 4.90 Å². The molecule has 1 saturated carbocycles. The molecule has 20 heavy (non-hydrogen) atoms. The van der Waals surface area contributed by atoms with Gasteiger partial charge >= 0.3 is 0 Å². The smallest absolute Gasteiger partial charge is 0.254 e. The monoisotopic (exact) mass is 337 g/mol. The van der Waals surface area contributed by atoms with E-state index in [-0.39, 0.29) is 5.91 Å². The van der Waals surface area contributed by atoms with Crippen LogP contribution in [0.5, 0.6) is 0 Å². The Morgan fingerprint density at radius 1 is 1.30 bits per heavy atom. The van der Waals surface area contributed by atoms with E-state index in [9.17, 15) is 4.79 Å². The molecule has 1 amide bonds. The summed E-state index contributed by atoms with van der Waals surface area (Å²) >= 11 is 3.54. The molecule has 0 bridgehead atoms. The van der Waals surface area contributed by atoms with Crippen LogP contribution >= 0.6 is 15.9 Å². The molecule has 0 heterocycles. The molecule has 3 heteroatoms. The fourth-order valence-electron chi connectivity index (χ4n) is 2.94. The van der Waals surface area contributed by atoms with Crippen LogP contribution in [-0.2, 0) is 0 Å². The van der Waals surface area contributed by atoms with Gasteiger partial charge in [0.15, 0.2) is 0 Å². The van der Waals surface area contributed by atoms with Crippen LogP contribution in [0.15, 0.2) is 22.7 Å². The Labute approximate surface area is 130 Å². The largest absolute Gasteiger partial charge is 0.339 e. The zero-order valence-corrected chi connectivity index (χ0v) is 14.5.